The second kappa shape index (κ2) is 4.18. The van der Waals surface area contributed by atoms with Gasteiger partial charge in [0.2, 0.25) is 6.79 Å². The van der Waals surface area contributed by atoms with Crippen molar-refractivity contribution in [2.45, 2.75) is 0 Å². The summed E-state index contributed by atoms with van der Waals surface area (Å²) in [5.74, 6) is 1.24. The first-order chi connectivity index (χ1) is 9.09. The van der Waals surface area contributed by atoms with Crippen molar-refractivity contribution in [3.8, 4) is 22.6 Å². The normalized spacial score (nSPS) is 12.8. The summed E-state index contributed by atoms with van der Waals surface area (Å²) >= 11 is 0. The maximum absolute atomic E-state index is 9.58. The number of benzene rings is 1. The van der Waals surface area contributed by atoms with Crippen LogP contribution in [0, 0.1) is 0 Å². The molecule has 2 heterocycles. The van der Waals surface area contributed by atoms with E-state index in [4.69, 9.17) is 15.2 Å². The van der Waals surface area contributed by atoms with Crippen molar-refractivity contribution in [3.05, 3.63) is 18.3 Å². The standard InChI is InChI=1S/C11H12BN3O4/c1-15-11(13)7(4-14-15)6-2-3-8-10(19-5-18-8)9(6)12(16)17/h2-4,16-17H,5,13H2,1H3. The summed E-state index contributed by atoms with van der Waals surface area (Å²) in [7, 11) is 0.0205. The minimum absolute atomic E-state index is 0.0566. The van der Waals surface area contributed by atoms with Gasteiger partial charge in [-0.25, -0.2) is 0 Å². The Kier molecular flexibility index (Phi) is 2.61. The third kappa shape index (κ3) is 1.73. The molecule has 0 radical (unpaired) electrons. The lowest BCUT2D eigenvalue weighted by Crippen LogP contribution is -2.32. The van der Waals surface area contributed by atoms with Gasteiger partial charge in [-0.2, -0.15) is 5.10 Å². The topological polar surface area (TPSA) is 103 Å². The van der Waals surface area contributed by atoms with Gasteiger partial charge in [0.05, 0.1) is 6.20 Å². The molecule has 0 atom stereocenters. The molecule has 0 aliphatic carbocycles. The molecule has 1 aromatic heterocycles. The highest BCUT2D eigenvalue weighted by Gasteiger charge is 2.29. The average Bonchev–Trinajstić information content (AvgIpc) is 2.96. The highest BCUT2D eigenvalue weighted by molar-refractivity contribution is 6.62. The maximum atomic E-state index is 9.58. The largest absolute Gasteiger partial charge is 0.493 e. The van der Waals surface area contributed by atoms with E-state index in [1.165, 1.54) is 4.68 Å². The molecule has 7 nitrogen and oxygen atoms in total. The number of anilines is 1. The van der Waals surface area contributed by atoms with E-state index in [-0.39, 0.29) is 12.3 Å². The molecule has 98 valence electrons. The van der Waals surface area contributed by atoms with Gasteiger partial charge in [-0.05, 0) is 11.6 Å². The van der Waals surface area contributed by atoms with Gasteiger partial charge < -0.3 is 25.3 Å². The zero-order valence-electron chi connectivity index (χ0n) is 10.2. The molecule has 0 amide bonds. The Bertz CT molecular complexity index is 641. The molecule has 0 unspecified atom stereocenters. The highest BCUT2D eigenvalue weighted by atomic mass is 16.7. The quantitative estimate of drug-likeness (QED) is 0.604. The molecule has 8 heteroatoms. The van der Waals surface area contributed by atoms with Crippen LogP contribution in [0.3, 0.4) is 0 Å². The molecule has 1 aliphatic heterocycles. The predicted octanol–water partition coefficient (Wildman–Crippen LogP) is -0.922. The molecular weight excluding hydrogens is 249 g/mol. The molecule has 0 saturated heterocycles. The van der Waals surface area contributed by atoms with E-state index < -0.39 is 7.12 Å². The number of nitrogen functional groups attached to an aromatic ring is 1. The second-order valence-corrected chi connectivity index (χ2v) is 4.20. The van der Waals surface area contributed by atoms with Crippen molar-refractivity contribution in [2.75, 3.05) is 12.5 Å². The number of rotatable bonds is 2. The van der Waals surface area contributed by atoms with Crippen molar-refractivity contribution in [3.63, 3.8) is 0 Å². The lowest BCUT2D eigenvalue weighted by Gasteiger charge is -2.11. The number of aromatic nitrogens is 2. The number of ether oxygens (including phenoxy) is 2. The smallest absolute Gasteiger partial charge is 0.454 e. The molecule has 0 fully saturated rings. The first-order valence-corrected chi connectivity index (χ1v) is 5.66. The van der Waals surface area contributed by atoms with Crippen LogP contribution in [0.2, 0.25) is 0 Å². The van der Waals surface area contributed by atoms with Crippen molar-refractivity contribution in [1.29, 1.82) is 0 Å². The van der Waals surface area contributed by atoms with E-state index in [9.17, 15) is 10.0 Å². The van der Waals surface area contributed by atoms with Gasteiger partial charge >= 0.3 is 7.12 Å². The van der Waals surface area contributed by atoms with Crippen molar-refractivity contribution in [1.82, 2.24) is 9.78 Å². The van der Waals surface area contributed by atoms with Crippen LogP contribution >= 0.6 is 0 Å². The zero-order valence-corrected chi connectivity index (χ0v) is 10.2. The lowest BCUT2D eigenvalue weighted by molar-refractivity contribution is 0.174. The van der Waals surface area contributed by atoms with Crippen LogP contribution in [0.15, 0.2) is 18.3 Å². The summed E-state index contributed by atoms with van der Waals surface area (Å²) in [4.78, 5) is 0. The fraction of sp³-hybridized carbons (Fsp3) is 0.182. The van der Waals surface area contributed by atoms with Crippen molar-refractivity contribution in [2.24, 2.45) is 7.05 Å². The molecule has 1 aromatic carbocycles. The van der Waals surface area contributed by atoms with E-state index in [1.54, 1.807) is 25.4 Å². The Labute approximate surface area is 109 Å². The van der Waals surface area contributed by atoms with Crippen LogP contribution in [0.1, 0.15) is 0 Å². The van der Waals surface area contributed by atoms with Gasteiger partial charge in [0.25, 0.3) is 0 Å². The van der Waals surface area contributed by atoms with E-state index >= 15 is 0 Å². The fourth-order valence-electron chi connectivity index (χ4n) is 2.14. The first kappa shape index (κ1) is 11.9. The van der Waals surface area contributed by atoms with E-state index in [1.807, 2.05) is 0 Å². The van der Waals surface area contributed by atoms with Gasteiger partial charge in [-0.3, -0.25) is 4.68 Å². The number of hydrogen-bond donors (Lipinski definition) is 3. The van der Waals surface area contributed by atoms with Gasteiger partial charge in [0, 0.05) is 18.1 Å². The Morgan fingerprint density at radius 2 is 2.11 bits per heavy atom. The second-order valence-electron chi connectivity index (χ2n) is 4.20. The lowest BCUT2D eigenvalue weighted by atomic mass is 9.74. The average molecular weight is 261 g/mol. The van der Waals surface area contributed by atoms with Crippen molar-refractivity contribution < 1.29 is 19.5 Å². The van der Waals surface area contributed by atoms with Gasteiger partial charge in [-0.15, -0.1) is 0 Å². The van der Waals surface area contributed by atoms with E-state index in [0.29, 0.717) is 28.4 Å². The van der Waals surface area contributed by atoms with Crippen LogP contribution in [0.5, 0.6) is 11.5 Å². The first-order valence-electron chi connectivity index (χ1n) is 5.66. The third-order valence-corrected chi connectivity index (χ3v) is 3.11. The Hall–Kier alpha value is -2.19. The van der Waals surface area contributed by atoms with Crippen LogP contribution < -0.4 is 20.7 Å². The Morgan fingerprint density at radius 1 is 1.32 bits per heavy atom. The third-order valence-electron chi connectivity index (χ3n) is 3.11. The van der Waals surface area contributed by atoms with Crippen LogP contribution in [0.4, 0.5) is 5.82 Å². The van der Waals surface area contributed by atoms with E-state index in [0.717, 1.165) is 0 Å². The minimum atomic E-state index is -1.69. The van der Waals surface area contributed by atoms with Gasteiger partial charge in [0.15, 0.2) is 11.5 Å². The maximum Gasteiger partial charge on any atom is 0.493 e. The number of aryl methyl sites for hydroxylation is 1. The number of hydrogen-bond acceptors (Lipinski definition) is 6. The highest BCUT2D eigenvalue weighted by Crippen LogP contribution is 2.35. The van der Waals surface area contributed by atoms with Crippen LogP contribution in [0.25, 0.3) is 11.1 Å². The molecule has 0 saturated carbocycles. The SMILES string of the molecule is Cn1ncc(-c2ccc3c(c2B(O)O)OCO3)c1N. The van der Waals surface area contributed by atoms with Gasteiger partial charge in [-0.1, -0.05) is 6.07 Å². The zero-order chi connectivity index (χ0) is 13.6. The Balaban J connectivity index is 2.24. The molecule has 3 rings (SSSR count). The molecule has 4 N–H and O–H groups in total. The summed E-state index contributed by atoms with van der Waals surface area (Å²) in [5.41, 5.74) is 7.32. The van der Waals surface area contributed by atoms with E-state index in [2.05, 4.69) is 5.10 Å². The fourth-order valence-corrected chi connectivity index (χ4v) is 2.14. The molecule has 19 heavy (non-hydrogen) atoms. The molecule has 2 aromatic rings. The monoisotopic (exact) mass is 261 g/mol. The molecule has 0 bridgehead atoms. The van der Waals surface area contributed by atoms with Crippen LogP contribution in [-0.2, 0) is 7.05 Å². The number of nitrogens with two attached hydrogens (primary N) is 1. The predicted molar refractivity (Wildman–Crippen MR) is 69.0 cm³/mol. The summed E-state index contributed by atoms with van der Waals surface area (Å²) in [5, 5.41) is 23.2. The summed E-state index contributed by atoms with van der Waals surface area (Å²) < 4.78 is 12.0. The summed E-state index contributed by atoms with van der Waals surface area (Å²) in [6.45, 7) is 0.0566. The summed E-state index contributed by atoms with van der Waals surface area (Å²) in [6, 6.07) is 3.41. The molecular formula is C11H12BN3O4. The molecule has 0 spiro atoms. The minimum Gasteiger partial charge on any atom is -0.454 e. The summed E-state index contributed by atoms with van der Waals surface area (Å²) in [6.07, 6.45) is 1.57. The van der Waals surface area contributed by atoms with Crippen molar-refractivity contribution >= 4 is 18.4 Å². The van der Waals surface area contributed by atoms with Crippen LogP contribution in [-0.4, -0.2) is 33.7 Å². The Morgan fingerprint density at radius 3 is 2.74 bits per heavy atom. The molecule has 1 aliphatic rings. The number of fused-ring (bicyclic) bond motifs is 1. The van der Waals surface area contributed by atoms with Gasteiger partial charge in [0.1, 0.15) is 5.82 Å². The number of nitrogens with zero attached hydrogens (tertiary/aromatic N) is 2.